The Morgan fingerprint density at radius 2 is 1.81 bits per heavy atom. The van der Waals surface area contributed by atoms with E-state index in [1.54, 1.807) is 42.6 Å². The van der Waals surface area contributed by atoms with Crippen molar-refractivity contribution in [1.82, 2.24) is 4.98 Å². The van der Waals surface area contributed by atoms with Crippen LogP contribution in [0.25, 0.3) is 22.6 Å². The summed E-state index contributed by atoms with van der Waals surface area (Å²) in [5.41, 5.74) is 2.42. The van der Waals surface area contributed by atoms with Crippen molar-refractivity contribution in [2.45, 2.75) is 0 Å². The van der Waals surface area contributed by atoms with Gasteiger partial charge in [0.15, 0.2) is 5.58 Å². The Kier molecular flexibility index (Phi) is 5.60. The number of esters is 2. The first kappa shape index (κ1) is 20.4. The molecule has 0 N–H and O–H groups in total. The minimum atomic E-state index is -0.689. The smallest absolute Gasteiger partial charge is 0.355 e. The van der Waals surface area contributed by atoms with Gasteiger partial charge >= 0.3 is 11.9 Å². The van der Waals surface area contributed by atoms with Crippen molar-refractivity contribution in [2.75, 3.05) is 19.1 Å². The predicted octanol–water partition coefficient (Wildman–Crippen LogP) is 4.64. The molecular weight excluding hydrogens is 420 g/mol. The van der Waals surface area contributed by atoms with Gasteiger partial charge in [-0.3, -0.25) is 0 Å². The number of fused-ring (bicyclic) bond motifs is 1. The van der Waals surface area contributed by atoms with Crippen LogP contribution < -0.4 is 4.90 Å². The summed E-state index contributed by atoms with van der Waals surface area (Å²) in [5.74, 6) is -0.970. The van der Waals surface area contributed by atoms with Gasteiger partial charge in [-0.25, -0.2) is 14.6 Å². The lowest BCUT2D eigenvalue weighted by Crippen LogP contribution is -2.26. The quantitative estimate of drug-likeness (QED) is 0.551. The van der Waals surface area contributed by atoms with Crippen molar-refractivity contribution in [3.63, 3.8) is 0 Å². The summed E-state index contributed by atoms with van der Waals surface area (Å²) in [6, 6.07) is 12.5. The van der Waals surface area contributed by atoms with Crippen LogP contribution in [-0.2, 0) is 19.1 Å². The molecule has 2 heterocycles. The molecule has 0 saturated heterocycles. The number of anilines is 1. The summed E-state index contributed by atoms with van der Waals surface area (Å²) >= 11 is 6.26. The van der Waals surface area contributed by atoms with Crippen LogP contribution in [0.15, 0.2) is 82.6 Å². The number of halogens is 1. The second-order valence-corrected chi connectivity index (χ2v) is 6.87. The van der Waals surface area contributed by atoms with Crippen molar-refractivity contribution in [3.8, 4) is 11.5 Å². The number of oxazole rings is 1. The third-order valence-corrected chi connectivity index (χ3v) is 4.97. The number of rotatable bonds is 4. The second kappa shape index (κ2) is 8.49. The summed E-state index contributed by atoms with van der Waals surface area (Å²) in [6.45, 7) is 0. The van der Waals surface area contributed by atoms with Crippen molar-refractivity contribution in [1.29, 1.82) is 0 Å². The molecule has 0 unspecified atom stereocenters. The first-order chi connectivity index (χ1) is 15.0. The van der Waals surface area contributed by atoms with E-state index in [0.717, 1.165) is 0 Å². The molecule has 0 radical (unpaired) electrons. The Morgan fingerprint density at radius 1 is 1.03 bits per heavy atom. The summed E-state index contributed by atoms with van der Waals surface area (Å²) in [6.07, 6.45) is 6.47. The van der Waals surface area contributed by atoms with Crippen molar-refractivity contribution in [2.24, 2.45) is 0 Å². The molecule has 156 valence electrons. The zero-order chi connectivity index (χ0) is 22.0. The molecule has 8 heteroatoms. The standard InChI is InChI=1S/C23H17ClN2O5/c1-29-22(27)16-8-5-6-12-26(20(16)23(28)30-2)14-10-11-18-19(13-14)31-21(25-18)15-7-3-4-9-17(15)24/h3-13H,1-2H3. The number of aromatic nitrogens is 1. The molecular formula is C23H17ClN2O5. The molecule has 3 aromatic rings. The number of hydrogen-bond acceptors (Lipinski definition) is 7. The van der Waals surface area contributed by atoms with Gasteiger partial charge in [-0.1, -0.05) is 29.8 Å². The van der Waals surface area contributed by atoms with E-state index in [0.29, 0.717) is 33.3 Å². The average molecular weight is 437 g/mol. The molecule has 0 aliphatic carbocycles. The third-order valence-electron chi connectivity index (χ3n) is 4.64. The molecule has 7 nitrogen and oxygen atoms in total. The number of methoxy groups -OCH3 is 2. The molecule has 1 aliphatic heterocycles. The van der Waals surface area contributed by atoms with Gasteiger partial charge < -0.3 is 18.8 Å². The predicted molar refractivity (Wildman–Crippen MR) is 116 cm³/mol. The number of nitrogens with zero attached hydrogens (tertiary/aromatic N) is 2. The zero-order valence-corrected chi connectivity index (χ0v) is 17.4. The van der Waals surface area contributed by atoms with Crippen LogP contribution in [-0.4, -0.2) is 31.1 Å². The summed E-state index contributed by atoms with van der Waals surface area (Å²) in [7, 11) is 2.49. The lowest BCUT2D eigenvalue weighted by Gasteiger charge is -2.22. The molecule has 0 bridgehead atoms. The Bertz CT molecular complexity index is 1270. The van der Waals surface area contributed by atoms with Crippen molar-refractivity contribution >= 4 is 40.3 Å². The summed E-state index contributed by atoms with van der Waals surface area (Å²) in [4.78, 5) is 30.9. The van der Waals surface area contributed by atoms with Crippen LogP contribution in [0.2, 0.25) is 5.02 Å². The summed E-state index contributed by atoms with van der Waals surface area (Å²) < 4.78 is 15.7. The van der Waals surface area contributed by atoms with Gasteiger partial charge in [-0.2, -0.15) is 0 Å². The van der Waals surface area contributed by atoms with Crippen LogP contribution in [0.1, 0.15) is 0 Å². The van der Waals surface area contributed by atoms with Crippen LogP contribution in [0, 0.1) is 0 Å². The van der Waals surface area contributed by atoms with Gasteiger partial charge in [0, 0.05) is 18.0 Å². The van der Waals surface area contributed by atoms with Crippen LogP contribution in [0.4, 0.5) is 5.69 Å². The molecule has 0 spiro atoms. The van der Waals surface area contributed by atoms with E-state index in [2.05, 4.69) is 4.98 Å². The highest BCUT2D eigenvalue weighted by atomic mass is 35.5. The van der Waals surface area contributed by atoms with E-state index < -0.39 is 11.9 Å². The number of carbonyl (C=O) groups excluding carboxylic acids is 2. The fourth-order valence-corrected chi connectivity index (χ4v) is 3.40. The molecule has 2 aromatic carbocycles. The number of carbonyl (C=O) groups is 2. The van der Waals surface area contributed by atoms with Gasteiger partial charge in [-0.15, -0.1) is 0 Å². The maximum atomic E-state index is 12.6. The zero-order valence-electron chi connectivity index (χ0n) is 16.7. The van der Waals surface area contributed by atoms with Gasteiger partial charge in [0.1, 0.15) is 11.2 Å². The minimum Gasteiger partial charge on any atom is -0.465 e. The topological polar surface area (TPSA) is 81.9 Å². The lowest BCUT2D eigenvalue weighted by atomic mass is 10.1. The SMILES string of the molecule is COC(=O)C1=C(C(=O)OC)N(c2ccc3nc(-c4ccccc4Cl)oc3c2)C=CC=C1. The van der Waals surface area contributed by atoms with Crippen molar-refractivity contribution in [3.05, 3.63) is 83.2 Å². The van der Waals surface area contributed by atoms with E-state index in [9.17, 15) is 9.59 Å². The Balaban J connectivity index is 1.83. The van der Waals surface area contributed by atoms with E-state index in [1.165, 1.54) is 25.2 Å². The van der Waals surface area contributed by atoms with E-state index in [1.807, 2.05) is 18.2 Å². The first-order valence-corrected chi connectivity index (χ1v) is 9.61. The number of allylic oxidation sites excluding steroid dienone is 2. The monoisotopic (exact) mass is 436 g/mol. The maximum Gasteiger partial charge on any atom is 0.355 e. The molecule has 0 saturated carbocycles. The van der Waals surface area contributed by atoms with E-state index in [4.69, 9.17) is 25.5 Å². The largest absolute Gasteiger partial charge is 0.465 e. The highest BCUT2D eigenvalue weighted by Gasteiger charge is 2.27. The third kappa shape index (κ3) is 3.83. The molecule has 0 amide bonds. The fraction of sp³-hybridized carbons (Fsp3) is 0.0870. The molecule has 31 heavy (non-hydrogen) atoms. The minimum absolute atomic E-state index is 0.0181. The highest BCUT2D eigenvalue weighted by Crippen LogP contribution is 2.33. The number of benzene rings is 2. The highest BCUT2D eigenvalue weighted by molar-refractivity contribution is 6.33. The fourth-order valence-electron chi connectivity index (χ4n) is 3.18. The Labute approximate surface area is 182 Å². The van der Waals surface area contributed by atoms with E-state index >= 15 is 0 Å². The van der Waals surface area contributed by atoms with E-state index in [-0.39, 0.29) is 11.3 Å². The Hall–Kier alpha value is -3.84. The maximum absolute atomic E-state index is 12.6. The number of ether oxygens (including phenoxy) is 2. The summed E-state index contributed by atoms with van der Waals surface area (Å²) in [5, 5.41) is 0.523. The van der Waals surface area contributed by atoms with Crippen LogP contribution in [0.3, 0.4) is 0 Å². The van der Waals surface area contributed by atoms with Gasteiger partial charge in [0.25, 0.3) is 0 Å². The number of hydrogen-bond donors (Lipinski definition) is 0. The van der Waals surface area contributed by atoms with Crippen molar-refractivity contribution < 1.29 is 23.5 Å². The first-order valence-electron chi connectivity index (χ1n) is 9.24. The van der Waals surface area contributed by atoms with Crippen LogP contribution >= 0.6 is 11.6 Å². The lowest BCUT2D eigenvalue weighted by molar-refractivity contribution is -0.139. The van der Waals surface area contributed by atoms with Gasteiger partial charge in [-0.05, 0) is 36.4 Å². The molecule has 0 atom stereocenters. The normalized spacial score (nSPS) is 13.5. The van der Waals surface area contributed by atoms with Crippen LogP contribution in [0.5, 0.6) is 0 Å². The van der Waals surface area contributed by atoms with Gasteiger partial charge in [0.2, 0.25) is 5.89 Å². The molecule has 1 aliphatic rings. The molecule has 1 aromatic heterocycles. The average Bonchev–Trinajstić information content (AvgIpc) is 3.08. The second-order valence-electron chi connectivity index (χ2n) is 6.47. The Morgan fingerprint density at radius 3 is 2.55 bits per heavy atom. The molecule has 0 fully saturated rings. The molecule has 4 rings (SSSR count). The van der Waals surface area contributed by atoms with Gasteiger partial charge in [0.05, 0.1) is 30.4 Å².